The van der Waals surface area contributed by atoms with E-state index in [0.29, 0.717) is 29.3 Å². The van der Waals surface area contributed by atoms with Gasteiger partial charge in [-0.1, -0.05) is 18.2 Å². The summed E-state index contributed by atoms with van der Waals surface area (Å²) < 4.78 is 32.1. The molecule has 2 aromatic rings. The van der Waals surface area contributed by atoms with Gasteiger partial charge in [-0.3, -0.25) is 5.32 Å². The number of nitrogens with one attached hydrogen (secondary N) is 2. The molecule has 6 heteroatoms. The highest BCUT2D eigenvalue weighted by Gasteiger charge is 2.17. The molecule has 0 aromatic heterocycles. The fourth-order valence-electron chi connectivity index (χ4n) is 2.75. The summed E-state index contributed by atoms with van der Waals surface area (Å²) in [6.45, 7) is 2.12. The van der Waals surface area contributed by atoms with Crippen molar-refractivity contribution >= 4 is 11.8 Å². The van der Waals surface area contributed by atoms with Crippen molar-refractivity contribution in [1.29, 1.82) is 0 Å². The Hall–Kier alpha value is -2.47. The fourth-order valence-corrected chi connectivity index (χ4v) is 2.75. The Morgan fingerprint density at radius 2 is 1.96 bits per heavy atom. The minimum Gasteiger partial charge on any atom is -0.449 e. The molecule has 2 aromatic carbocycles. The molecule has 24 heavy (non-hydrogen) atoms. The van der Waals surface area contributed by atoms with E-state index in [9.17, 15) is 13.6 Å². The van der Waals surface area contributed by atoms with Gasteiger partial charge >= 0.3 is 6.09 Å². The summed E-state index contributed by atoms with van der Waals surface area (Å²) in [5.41, 5.74) is 1.32. The molecule has 1 aliphatic rings. The van der Waals surface area contributed by atoms with E-state index in [1.165, 1.54) is 12.1 Å². The van der Waals surface area contributed by atoms with Crippen molar-refractivity contribution in [1.82, 2.24) is 5.32 Å². The Bertz CT molecular complexity index is 710. The lowest BCUT2D eigenvalue weighted by Gasteiger charge is -2.13. The minimum atomic E-state index is -0.670. The second kappa shape index (κ2) is 7.40. The van der Waals surface area contributed by atoms with Gasteiger partial charge in [-0.15, -0.1) is 0 Å². The Morgan fingerprint density at radius 1 is 1.21 bits per heavy atom. The van der Waals surface area contributed by atoms with Gasteiger partial charge in [-0.05, 0) is 36.7 Å². The van der Waals surface area contributed by atoms with Crippen molar-refractivity contribution in [3.05, 3.63) is 54.1 Å². The highest BCUT2D eigenvalue weighted by atomic mass is 19.1. The van der Waals surface area contributed by atoms with Crippen molar-refractivity contribution in [3.63, 3.8) is 0 Å². The summed E-state index contributed by atoms with van der Waals surface area (Å²) in [7, 11) is 0. The van der Waals surface area contributed by atoms with Gasteiger partial charge in [0.1, 0.15) is 11.6 Å². The molecule has 0 radical (unpaired) electrons. The molecule has 0 aliphatic carbocycles. The molecule has 0 bridgehead atoms. The van der Waals surface area contributed by atoms with Crippen LogP contribution in [-0.2, 0) is 4.74 Å². The van der Waals surface area contributed by atoms with Gasteiger partial charge < -0.3 is 10.1 Å². The smallest absolute Gasteiger partial charge is 0.411 e. The monoisotopic (exact) mass is 332 g/mol. The number of carbonyl (C=O) groups excluding carboxylic acids is 1. The quantitative estimate of drug-likeness (QED) is 0.896. The number of hydrogen-bond donors (Lipinski definition) is 2. The van der Waals surface area contributed by atoms with Gasteiger partial charge in [0.05, 0.1) is 12.3 Å². The maximum Gasteiger partial charge on any atom is 0.411 e. The van der Waals surface area contributed by atoms with E-state index in [1.807, 2.05) is 0 Å². The first-order chi connectivity index (χ1) is 11.6. The van der Waals surface area contributed by atoms with Crippen molar-refractivity contribution in [3.8, 4) is 11.1 Å². The molecule has 1 unspecified atom stereocenters. The number of hydrogen-bond acceptors (Lipinski definition) is 3. The lowest BCUT2D eigenvalue weighted by Crippen LogP contribution is -2.20. The highest BCUT2D eigenvalue weighted by molar-refractivity contribution is 5.91. The van der Waals surface area contributed by atoms with Crippen LogP contribution in [-0.4, -0.2) is 25.8 Å². The standard InChI is InChI=1S/C18H18F2N2O2/c19-14-7-13(8-15(20)9-14)16-3-1-2-4-17(16)22-18(23)24-11-12-5-6-21-10-12/h1-4,7-9,12,21H,5-6,10-11H2,(H,22,23). The Labute approximate surface area is 138 Å². The van der Waals surface area contributed by atoms with E-state index >= 15 is 0 Å². The molecule has 0 spiro atoms. The summed E-state index contributed by atoms with van der Waals surface area (Å²) in [6.07, 6.45) is 0.401. The second-order valence-corrected chi connectivity index (χ2v) is 5.79. The zero-order valence-electron chi connectivity index (χ0n) is 13.0. The molecular weight excluding hydrogens is 314 g/mol. The van der Waals surface area contributed by atoms with Crippen LogP contribution in [0.5, 0.6) is 0 Å². The van der Waals surface area contributed by atoms with Crippen molar-refractivity contribution < 1.29 is 18.3 Å². The zero-order chi connectivity index (χ0) is 16.9. The van der Waals surface area contributed by atoms with Crippen LogP contribution < -0.4 is 10.6 Å². The third kappa shape index (κ3) is 4.08. The molecule has 3 rings (SSSR count). The van der Waals surface area contributed by atoms with Crippen molar-refractivity contribution in [2.24, 2.45) is 5.92 Å². The summed E-state index contributed by atoms with van der Waals surface area (Å²) in [6, 6.07) is 10.1. The SMILES string of the molecule is O=C(Nc1ccccc1-c1cc(F)cc(F)c1)OCC1CCNC1. The molecule has 1 fully saturated rings. The Balaban J connectivity index is 1.72. The molecular formula is C18H18F2N2O2. The van der Waals surface area contributed by atoms with Gasteiger partial charge in [0.25, 0.3) is 0 Å². The number of rotatable bonds is 4. The summed E-state index contributed by atoms with van der Waals surface area (Å²) >= 11 is 0. The van der Waals surface area contributed by atoms with Crippen LogP contribution in [0.15, 0.2) is 42.5 Å². The summed E-state index contributed by atoms with van der Waals surface area (Å²) in [4.78, 5) is 12.0. The first kappa shape index (κ1) is 16.4. The molecule has 4 nitrogen and oxygen atoms in total. The van der Waals surface area contributed by atoms with E-state index in [-0.39, 0.29) is 0 Å². The zero-order valence-corrected chi connectivity index (χ0v) is 13.0. The molecule has 1 saturated heterocycles. The lowest BCUT2D eigenvalue weighted by molar-refractivity contribution is 0.144. The molecule has 1 aliphatic heterocycles. The molecule has 1 amide bonds. The van der Waals surface area contributed by atoms with Crippen LogP contribution in [0.25, 0.3) is 11.1 Å². The third-order valence-electron chi connectivity index (χ3n) is 3.95. The summed E-state index contributed by atoms with van der Waals surface area (Å²) in [5, 5.41) is 5.85. The molecule has 2 N–H and O–H groups in total. The largest absolute Gasteiger partial charge is 0.449 e. The van der Waals surface area contributed by atoms with Gasteiger partial charge in [0.15, 0.2) is 0 Å². The van der Waals surface area contributed by atoms with E-state index in [1.54, 1.807) is 24.3 Å². The number of amides is 1. The van der Waals surface area contributed by atoms with Gasteiger partial charge in [-0.2, -0.15) is 0 Å². The number of para-hydroxylation sites is 1. The average Bonchev–Trinajstić information content (AvgIpc) is 3.06. The lowest BCUT2D eigenvalue weighted by atomic mass is 10.0. The molecule has 1 heterocycles. The fraction of sp³-hybridized carbons (Fsp3) is 0.278. The van der Waals surface area contributed by atoms with Crippen LogP contribution in [0.3, 0.4) is 0 Å². The number of ether oxygens (including phenoxy) is 1. The van der Waals surface area contributed by atoms with Gasteiger partial charge in [0, 0.05) is 24.1 Å². The van der Waals surface area contributed by atoms with E-state index in [2.05, 4.69) is 10.6 Å². The predicted molar refractivity (Wildman–Crippen MR) is 87.7 cm³/mol. The first-order valence-electron chi connectivity index (χ1n) is 7.82. The van der Waals surface area contributed by atoms with Crippen LogP contribution in [0.1, 0.15) is 6.42 Å². The molecule has 1 atom stereocenters. The van der Waals surface area contributed by atoms with Crippen LogP contribution in [0.2, 0.25) is 0 Å². The van der Waals surface area contributed by atoms with Crippen molar-refractivity contribution in [2.45, 2.75) is 6.42 Å². The number of halogens is 2. The van der Waals surface area contributed by atoms with Crippen LogP contribution >= 0.6 is 0 Å². The van der Waals surface area contributed by atoms with E-state index < -0.39 is 17.7 Å². The minimum absolute atomic E-state index is 0.323. The number of anilines is 1. The maximum atomic E-state index is 13.4. The molecule has 126 valence electrons. The van der Waals surface area contributed by atoms with Gasteiger partial charge in [-0.25, -0.2) is 13.6 Å². The van der Waals surface area contributed by atoms with E-state index in [4.69, 9.17) is 4.74 Å². The van der Waals surface area contributed by atoms with Crippen molar-refractivity contribution in [2.75, 3.05) is 25.0 Å². The topological polar surface area (TPSA) is 50.4 Å². The van der Waals surface area contributed by atoms with Crippen LogP contribution in [0, 0.1) is 17.6 Å². The Morgan fingerprint density at radius 3 is 2.67 bits per heavy atom. The third-order valence-corrected chi connectivity index (χ3v) is 3.95. The summed E-state index contributed by atoms with van der Waals surface area (Å²) in [5.74, 6) is -1.02. The Kier molecular flexibility index (Phi) is 5.05. The molecule has 0 saturated carbocycles. The van der Waals surface area contributed by atoms with E-state index in [0.717, 1.165) is 25.6 Å². The van der Waals surface area contributed by atoms with Crippen LogP contribution in [0.4, 0.5) is 19.3 Å². The number of carbonyl (C=O) groups is 1. The average molecular weight is 332 g/mol. The number of benzene rings is 2. The van der Waals surface area contributed by atoms with Gasteiger partial charge in [0.2, 0.25) is 0 Å². The predicted octanol–water partition coefficient (Wildman–Crippen LogP) is 3.79. The first-order valence-corrected chi connectivity index (χ1v) is 7.82. The second-order valence-electron chi connectivity index (χ2n) is 5.79. The maximum absolute atomic E-state index is 13.4. The highest BCUT2D eigenvalue weighted by Crippen LogP contribution is 2.29. The normalized spacial score (nSPS) is 16.8.